The molecule has 6 N–H and O–H groups in total. The molecule has 276 valence electrons. The van der Waals surface area contributed by atoms with E-state index >= 15 is 0 Å². The number of benzene rings is 3. The average Bonchev–Trinajstić information content (AvgIpc) is 3.90. The second-order valence-electron chi connectivity index (χ2n) is 13.5. The predicted octanol–water partition coefficient (Wildman–Crippen LogP) is 4.75. The van der Waals surface area contributed by atoms with Crippen molar-refractivity contribution in [1.82, 2.24) is 30.2 Å². The smallest absolute Gasteiger partial charge is 0.319 e. The van der Waals surface area contributed by atoms with E-state index in [-0.39, 0.29) is 30.3 Å². The number of fused-ring (bicyclic) bond motifs is 1. The number of aromatic nitrogens is 4. The number of hydrogen-bond acceptors (Lipinski definition) is 10. The van der Waals surface area contributed by atoms with Crippen molar-refractivity contribution in [2.75, 3.05) is 41.4 Å². The van der Waals surface area contributed by atoms with Crippen LogP contribution in [-0.4, -0.2) is 91.9 Å². The highest BCUT2D eigenvalue weighted by atomic mass is 32.2. The van der Waals surface area contributed by atoms with Gasteiger partial charge in [-0.25, -0.2) is 9.78 Å². The third-order valence-electron chi connectivity index (χ3n) is 10.1. The Balaban J connectivity index is 1.17. The Bertz CT molecular complexity index is 1990. The van der Waals surface area contributed by atoms with Crippen LogP contribution in [0, 0.1) is 0 Å². The Morgan fingerprint density at radius 2 is 1.68 bits per heavy atom. The van der Waals surface area contributed by atoms with E-state index in [4.69, 9.17) is 15.0 Å². The van der Waals surface area contributed by atoms with Gasteiger partial charge in [-0.3, -0.25) is 4.79 Å². The molecule has 7 rings (SSSR count). The lowest BCUT2D eigenvalue weighted by atomic mass is 9.91. The zero-order chi connectivity index (χ0) is 36.9. The minimum atomic E-state index is -1.15. The first kappa shape index (κ1) is 36.2. The monoisotopic (exact) mass is 735 g/mol. The van der Waals surface area contributed by atoms with Crippen LogP contribution < -0.4 is 26.2 Å². The number of carbonyl (C=O) groups excluding carboxylic acids is 2. The molecule has 1 saturated carbocycles. The summed E-state index contributed by atoms with van der Waals surface area (Å²) in [4.78, 5) is 43.0. The topological polar surface area (TPSA) is 170 Å². The molecule has 0 radical (unpaired) electrons. The molecule has 0 bridgehead atoms. The van der Waals surface area contributed by atoms with Gasteiger partial charge in [0, 0.05) is 48.6 Å². The zero-order valence-electron chi connectivity index (χ0n) is 29.7. The van der Waals surface area contributed by atoms with E-state index in [9.17, 15) is 19.8 Å². The lowest BCUT2D eigenvalue weighted by Gasteiger charge is -2.22. The molecule has 3 heterocycles. The lowest BCUT2D eigenvalue weighted by molar-refractivity contribution is -0.122. The fourth-order valence-electron chi connectivity index (χ4n) is 7.26. The molecule has 0 spiro atoms. The van der Waals surface area contributed by atoms with Gasteiger partial charge in [0.05, 0.1) is 18.4 Å². The van der Waals surface area contributed by atoms with Crippen LogP contribution in [0.25, 0.3) is 11.2 Å². The summed E-state index contributed by atoms with van der Waals surface area (Å²) in [6, 6.07) is 26.7. The maximum absolute atomic E-state index is 13.0. The lowest BCUT2D eigenvalue weighted by Crippen LogP contribution is -2.42. The minimum absolute atomic E-state index is 0.0122. The van der Waals surface area contributed by atoms with Crippen LogP contribution in [0.1, 0.15) is 49.3 Å². The normalized spacial score (nSPS) is 21.2. The Kier molecular flexibility index (Phi) is 11.1. The van der Waals surface area contributed by atoms with E-state index in [0.717, 1.165) is 21.7 Å². The van der Waals surface area contributed by atoms with Crippen LogP contribution in [0.3, 0.4) is 0 Å². The predicted molar refractivity (Wildman–Crippen MR) is 207 cm³/mol. The van der Waals surface area contributed by atoms with Crippen molar-refractivity contribution in [3.8, 4) is 0 Å². The number of aliphatic hydroxyl groups excluding tert-OH is 2. The number of nitrogens with one attached hydrogen (secondary N) is 4. The summed E-state index contributed by atoms with van der Waals surface area (Å²) in [6.45, 7) is 3.36. The van der Waals surface area contributed by atoms with Crippen LogP contribution in [0.15, 0.2) is 96.2 Å². The minimum Gasteiger partial charge on any atom is -0.388 e. The van der Waals surface area contributed by atoms with Crippen molar-refractivity contribution in [2.24, 2.45) is 0 Å². The summed E-state index contributed by atoms with van der Waals surface area (Å²) >= 11 is 1.61. The standard InChI is InChI=1S/C39H45N9O4S/c1-3-32(49)44-30-20-31(35(51)34(30)50)48-23-41-33-36(40-21-29(24-11-6-4-7-12-24)25-13-8-5-9-14-25)45-38(46-37(33)48)47-18-17-27(22-47)43-39(52)42-26-15-10-16-28(19-26)53-2/h4-16,19,23,27,29-31,34-35,50-51H,3,17-18,20-22H2,1-2H3,(H,44,49)(H,40,45,46)(H2,42,43,52)/t27-,30+,31-,34-,35+/m1/s1. The van der Waals surface area contributed by atoms with Gasteiger partial charge in [-0.05, 0) is 48.4 Å². The fraction of sp³-hybridized carbons (Fsp3) is 0.359. The van der Waals surface area contributed by atoms with Gasteiger partial charge < -0.3 is 40.9 Å². The SMILES string of the molecule is CCC(=O)N[C@H]1C[C@@H](n2cnc3c(NCC(c4ccccc4)c4ccccc4)nc(N4CC[C@@H](NC(=O)Nc5cccc(SC)c5)C4)nc32)[C@H](O)[C@@H]1O. The first-order valence-corrected chi connectivity index (χ1v) is 19.2. The molecule has 5 atom stereocenters. The van der Waals surface area contributed by atoms with Crippen molar-refractivity contribution < 1.29 is 19.8 Å². The van der Waals surface area contributed by atoms with Gasteiger partial charge in [0.2, 0.25) is 11.9 Å². The van der Waals surface area contributed by atoms with Crippen molar-refractivity contribution in [3.63, 3.8) is 0 Å². The van der Waals surface area contributed by atoms with Crippen LogP contribution in [0.5, 0.6) is 0 Å². The van der Waals surface area contributed by atoms with Gasteiger partial charge >= 0.3 is 6.03 Å². The number of hydrogen-bond donors (Lipinski definition) is 6. The largest absolute Gasteiger partial charge is 0.388 e. The summed E-state index contributed by atoms with van der Waals surface area (Å²) in [5, 5.41) is 34.6. The number of nitrogens with zero attached hydrogens (tertiary/aromatic N) is 5. The van der Waals surface area contributed by atoms with E-state index in [0.29, 0.717) is 55.4 Å². The Morgan fingerprint density at radius 3 is 2.38 bits per heavy atom. The molecule has 2 aliphatic rings. The molecule has 3 aromatic carbocycles. The highest BCUT2D eigenvalue weighted by molar-refractivity contribution is 7.98. The van der Waals surface area contributed by atoms with Crippen molar-refractivity contribution >= 4 is 52.3 Å². The van der Waals surface area contributed by atoms with Gasteiger partial charge in [-0.1, -0.05) is 73.7 Å². The molecule has 14 heteroatoms. The molecule has 3 amide bonds. The Labute approximate surface area is 312 Å². The summed E-state index contributed by atoms with van der Waals surface area (Å²) in [5.41, 5.74) is 4.05. The quantitative estimate of drug-likeness (QED) is 0.0984. The van der Waals surface area contributed by atoms with Crippen molar-refractivity contribution in [3.05, 3.63) is 102 Å². The fourth-order valence-corrected chi connectivity index (χ4v) is 7.72. The van der Waals surface area contributed by atoms with Crippen molar-refractivity contribution in [2.45, 2.75) is 67.3 Å². The first-order valence-electron chi connectivity index (χ1n) is 18.0. The van der Waals surface area contributed by atoms with Crippen molar-refractivity contribution in [1.29, 1.82) is 0 Å². The molecule has 1 saturated heterocycles. The number of aliphatic hydroxyl groups is 2. The van der Waals surface area contributed by atoms with Crippen LogP contribution >= 0.6 is 11.8 Å². The number of carbonyl (C=O) groups is 2. The van der Waals surface area contributed by atoms with Gasteiger partial charge in [0.25, 0.3) is 0 Å². The van der Waals surface area contributed by atoms with Crippen LogP contribution in [0.2, 0.25) is 0 Å². The molecule has 1 aliphatic carbocycles. The zero-order valence-corrected chi connectivity index (χ0v) is 30.5. The highest BCUT2D eigenvalue weighted by Gasteiger charge is 2.44. The number of imidazole rings is 1. The van der Waals surface area contributed by atoms with E-state index in [2.05, 4.69) is 45.5 Å². The molecule has 5 aromatic rings. The Hall–Kier alpha value is -5.18. The number of thioether (sulfide) groups is 1. The summed E-state index contributed by atoms with van der Waals surface area (Å²) in [5.74, 6) is 0.809. The van der Waals surface area contributed by atoms with Crippen LogP contribution in [0.4, 0.5) is 22.2 Å². The summed E-state index contributed by atoms with van der Waals surface area (Å²) in [7, 11) is 0. The maximum Gasteiger partial charge on any atom is 0.319 e. The number of urea groups is 1. The molecule has 53 heavy (non-hydrogen) atoms. The van der Waals surface area contributed by atoms with E-state index in [1.54, 1.807) is 29.6 Å². The average molecular weight is 736 g/mol. The molecule has 2 fully saturated rings. The molecule has 2 aromatic heterocycles. The third kappa shape index (κ3) is 8.09. The van der Waals surface area contributed by atoms with E-state index in [1.165, 1.54) is 0 Å². The van der Waals surface area contributed by atoms with Gasteiger partial charge in [0.15, 0.2) is 17.0 Å². The number of amides is 3. The summed E-state index contributed by atoms with van der Waals surface area (Å²) < 4.78 is 1.78. The molecule has 13 nitrogen and oxygen atoms in total. The van der Waals surface area contributed by atoms with Gasteiger partial charge in [-0.2, -0.15) is 9.97 Å². The molecule has 0 unspecified atom stereocenters. The van der Waals surface area contributed by atoms with Crippen LogP contribution in [-0.2, 0) is 4.79 Å². The Morgan fingerprint density at radius 1 is 0.943 bits per heavy atom. The van der Waals surface area contributed by atoms with E-state index in [1.807, 2.05) is 71.8 Å². The number of rotatable bonds is 12. The molecule has 1 aliphatic heterocycles. The number of anilines is 3. The molecular weight excluding hydrogens is 691 g/mol. The van der Waals surface area contributed by atoms with Gasteiger partial charge in [-0.15, -0.1) is 11.8 Å². The second-order valence-corrected chi connectivity index (χ2v) is 14.4. The first-order chi connectivity index (χ1) is 25.8. The van der Waals surface area contributed by atoms with Gasteiger partial charge in [0.1, 0.15) is 12.2 Å². The maximum atomic E-state index is 13.0. The molecular formula is C39H45N9O4S. The third-order valence-corrected chi connectivity index (χ3v) is 10.8. The highest BCUT2D eigenvalue weighted by Crippen LogP contribution is 2.35. The van der Waals surface area contributed by atoms with E-state index < -0.39 is 24.3 Å². The second kappa shape index (κ2) is 16.2. The summed E-state index contributed by atoms with van der Waals surface area (Å²) in [6.07, 6.45) is 2.58.